The van der Waals surface area contributed by atoms with Crippen LogP contribution in [0.3, 0.4) is 0 Å². The van der Waals surface area contributed by atoms with Crippen LogP contribution < -0.4 is 0 Å². The highest BCUT2D eigenvalue weighted by Gasteiger charge is 2.09. The van der Waals surface area contributed by atoms with E-state index in [-0.39, 0.29) is 18.7 Å². The molecule has 0 saturated carbocycles. The van der Waals surface area contributed by atoms with E-state index in [1.807, 2.05) is 32.0 Å². The Morgan fingerprint density at radius 1 is 0.952 bits per heavy atom. The van der Waals surface area contributed by atoms with Gasteiger partial charge in [-0.3, -0.25) is 0 Å². The summed E-state index contributed by atoms with van der Waals surface area (Å²) >= 11 is 0. The average molecular weight is 288 g/mol. The van der Waals surface area contributed by atoms with Crippen LogP contribution in [0.2, 0.25) is 0 Å². The molecule has 0 saturated heterocycles. The number of carboxylic acids is 1. The molecule has 0 aromatic heterocycles. The van der Waals surface area contributed by atoms with Gasteiger partial charge in [-0.2, -0.15) is 10.2 Å². The summed E-state index contributed by atoms with van der Waals surface area (Å²) in [7, 11) is 0. The zero-order valence-corrected chi connectivity index (χ0v) is 11.3. The van der Waals surface area contributed by atoms with Gasteiger partial charge < -0.3 is 10.2 Å². The van der Waals surface area contributed by atoms with E-state index in [1.54, 1.807) is 12.1 Å². The summed E-state index contributed by atoms with van der Waals surface area (Å²) in [5, 5.41) is 26.0. The summed E-state index contributed by atoms with van der Waals surface area (Å²) in [6.07, 6.45) is 0. The van der Waals surface area contributed by atoms with Crippen LogP contribution in [0.25, 0.3) is 0 Å². The third kappa shape index (κ3) is 5.44. The van der Waals surface area contributed by atoms with Crippen LogP contribution in [0, 0.1) is 0 Å². The summed E-state index contributed by atoms with van der Waals surface area (Å²) in [6.45, 7) is 4.00. The minimum Gasteiger partial charge on any atom is -0.507 e. The number of carbonyl (C=O) groups is 1. The van der Waals surface area contributed by atoms with Crippen molar-refractivity contribution < 1.29 is 15.0 Å². The Labute approximate surface area is 124 Å². The number of hydrogen-bond acceptors (Lipinski definition) is 4. The number of aromatic carboxylic acids is 1. The van der Waals surface area contributed by atoms with Gasteiger partial charge >= 0.3 is 5.97 Å². The maximum atomic E-state index is 10.8. The second-order valence-electron chi connectivity index (χ2n) is 3.54. The molecule has 0 aliphatic rings. The van der Waals surface area contributed by atoms with Crippen LogP contribution in [0.15, 0.2) is 58.8 Å². The molecular formula is C16H20N2O3. The second-order valence-corrected chi connectivity index (χ2v) is 3.54. The molecule has 2 aromatic carbocycles. The van der Waals surface area contributed by atoms with Crippen LogP contribution in [0.1, 0.15) is 31.6 Å². The average Bonchev–Trinajstić information content (AvgIpc) is 2.49. The standard InChI is InChI=1S/C13H10N2O3.C2H6.CH4/c16-12-7-6-10(8-11(12)13(17)18)15-14-9-4-2-1-3-5-9;1-2;/h1-8,16H,(H,17,18);1-2H3;1H4. The van der Waals surface area contributed by atoms with Gasteiger partial charge in [-0.05, 0) is 30.3 Å². The summed E-state index contributed by atoms with van der Waals surface area (Å²) in [5.74, 6) is -1.49. The lowest BCUT2D eigenvalue weighted by Crippen LogP contribution is -1.95. The van der Waals surface area contributed by atoms with Crippen LogP contribution in [-0.2, 0) is 0 Å². The number of carboxylic acid groups (broad SMARTS) is 1. The quantitative estimate of drug-likeness (QED) is 0.764. The first-order valence-corrected chi connectivity index (χ1v) is 6.20. The van der Waals surface area contributed by atoms with Gasteiger partial charge in [-0.15, -0.1) is 0 Å². The van der Waals surface area contributed by atoms with Crippen LogP contribution in [-0.4, -0.2) is 16.2 Å². The zero-order valence-electron chi connectivity index (χ0n) is 11.3. The topological polar surface area (TPSA) is 82.2 Å². The molecular weight excluding hydrogens is 268 g/mol. The number of hydrogen-bond donors (Lipinski definition) is 2. The molecule has 0 aliphatic heterocycles. The van der Waals surface area contributed by atoms with E-state index in [1.165, 1.54) is 18.2 Å². The fourth-order valence-corrected chi connectivity index (χ4v) is 1.37. The Morgan fingerprint density at radius 2 is 1.52 bits per heavy atom. The second kappa shape index (κ2) is 9.25. The first kappa shape index (κ1) is 18.3. The van der Waals surface area contributed by atoms with Crippen molar-refractivity contribution in [2.45, 2.75) is 21.3 Å². The first-order valence-electron chi connectivity index (χ1n) is 6.20. The van der Waals surface area contributed by atoms with E-state index in [4.69, 9.17) is 5.11 Å². The number of aromatic hydroxyl groups is 1. The van der Waals surface area contributed by atoms with Crippen molar-refractivity contribution >= 4 is 17.3 Å². The Morgan fingerprint density at radius 3 is 2.10 bits per heavy atom. The molecule has 0 unspecified atom stereocenters. The highest BCUT2D eigenvalue weighted by atomic mass is 16.4. The fourth-order valence-electron chi connectivity index (χ4n) is 1.37. The molecule has 0 amide bonds. The predicted octanol–water partition coefficient (Wildman–Crippen LogP) is 5.17. The van der Waals surface area contributed by atoms with Gasteiger partial charge in [-0.25, -0.2) is 4.79 Å². The summed E-state index contributed by atoms with van der Waals surface area (Å²) in [4.78, 5) is 10.8. The number of nitrogens with zero attached hydrogens (tertiary/aromatic N) is 2. The largest absolute Gasteiger partial charge is 0.507 e. The fraction of sp³-hybridized carbons (Fsp3) is 0.188. The van der Waals surface area contributed by atoms with Crippen molar-refractivity contribution in [2.24, 2.45) is 10.2 Å². The maximum absolute atomic E-state index is 10.8. The zero-order chi connectivity index (χ0) is 15.0. The Balaban J connectivity index is 0.00000128. The van der Waals surface area contributed by atoms with E-state index in [9.17, 15) is 9.90 Å². The van der Waals surface area contributed by atoms with Gasteiger partial charge in [-0.1, -0.05) is 39.5 Å². The molecule has 0 spiro atoms. The van der Waals surface area contributed by atoms with E-state index in [0.29, 0.717) is 11.4 Å². The van der Waals surface area contributed by atoms with Crippen molar-refractivity contribution in [2.75, 3.05) is 0 Å². The lowest BCUT2D eigenvalue weighted by atomic mass is 10.2. The van der Waals surface area contributed by atoms with Gasteiger partial charge in [0.1, 0.15) is 11.3 Å². The summed E-state index contributed by atoms with van der Waals surface area (Å²) < 4.78 is 0. The molecule has 5 heteroatoms. The number of azo groups is 1. The number of benzene rings is 2. The molecule has 0 atom stereocenters. The van der Waals surface area contributed by atoms with Crippen molar-refractivity contribution in [1.82, 2.24) is 0 Å². The highest BCUT2D eigenvalue weighted by molar-refractivity contribution is 5.91. The van der Waals surface area contributed by atoms with Gasteiger partial charge in [0.25, 0.3) is 0 Å². The minimum absolute atomic E-state index is 0. The van der Waals surface area contributed by atoms with Gasteiger partial charge in [0.2, 0.25) is 0 Å². The number of rotatable bonds is 3. The molecule has 2 N–H and O–H groups in total. The molecule has 0 radical (unpaired) electrons. The number of phenols is 1. The summed E-state index contributed by atoms with van der Waals surface area (Å²) in [6, 6.07) is 13.1. The Hall–Kier alpha value is -2.69. The Kier molecular flexibility index (Phi) is 8.07. The lowest BCUT2D eigenvalue weighted by molar-refractivity contribution is 0.0694. The van der Waals surface area contributed by atoms with E-state index >= 15 is 0 Å². The van der Waals surface area contributed by atoms with Crippen LogP contribution in [0.4, 0.5) is 11.4 Å². The van der Waals surface area contributed by atoms with Crippen molar-refractivity contribution in [1.29, 1.82) is 0 Å². The van der Waals surface area contributed by atoms with Crippen molar-refractivity contribution in [3.63, 3.8) is 0 Å². The highest BCUT2D eigenvalue weighted by Crippen LogP contribution is 2.24. The monoisotopic (exact) mass is 288 g/mol. The lowest BCUT2D eigenvalue weighted by Gasteiger charge is -1.99. The third-order valence-electron chi connectivity index (χ3n) is 2.25. The van der Waals surface area contributed by atoms with Crippen LogP contribution in [0.5, 0.6) is 5.75 Å². The van der Waals surface area contributed by atoms with Crippen LogP contribution >= 0.6 is 0 Å². The molecule has 0 bridgehead atoms. The first-order chi connectivity index (χ1) is 9.66. The van der Waals surface area contributed by atoms with Gasteiger partial charge in [0.15, 0.2) is 0 Å². The minimum atomic E-state index is -1.20. The Bertz CT molecular complexity index is 596. The normalized spacial score (nSPS) is 9.43. The SMILES string of the molecule is C.CC.O=C(O)c1cc(N=Nc2ccccc2)ccc1O. The molecule has 5 nitrogen and oxygen atoms in total. The van der Waals surface area contributed by atoms with Crippen molar-refractivity contribution in [3.8, 4) is 5.75 Å². The van der Waals surface area contributed by atoms with E-state index < -0.39 is 5.97 Å². The molecule has 0 fully saturated rings. The molecule has 2 aromatic rings. The molecule has 112 valence electrons. The van der Waals surface area contributed by atoms with Crippen molar-refractivity contribution in [3.05, 3.63) is 54.1 Å². The molecule has 2 rings (SSSR count). The third-order valence-corrected chi connectivity index (χ3v) is 2.25. The molecule has 21 heavy (non-hydrogen) atoms. The van der Waals surface area contributed by atoms with Gasteiger partial charge in [0, 0.05) is 0 Å². The maximum Gasteiger partial charge on any atom is 0.339 e. The smallest absolute Gasteiger partial charge is 0.339 e. The molecule has 0 aliphatic carbocycles. The summed E-state index contributed by atoms with van der Waals surface area (Å²) in [5.41, 5.74) is 0.844. The predicted molar refractivity (Wildman–Crippen MR) is 83.8 cm³/mol. The van der Waals surface area contributed by atoms with Gasteiger partial charge in [0.05, 0.1) is 11.4 Å². The van der Waals surface area contributed by atoms with E-state index in [2.05, 4.69) is 10.2 Å². The molecule has 0 heterocycles. The van der Waals surface area contributed by atoms with E-state index in [0.717, 1.165) is 0 Å².